The summed E-state index contributed by atoms with van der Waals surface area (Å²) in [6.07, 6.45) is 0.926. The standard InChI is InChI=1S/C13H14FNOS2/c1-2-12-13(18-8-15-12)7-17-11-4-9(6-14)3-10(16)5-11/h3-5,8,16H,2,6-7H2,1H3. The molecule has 5 heteroatoms. The number of phenols is 1. The molecule has 0 fully saturated rings. The van der Waals surface area contributed by atoms with Crippen LogP contribution in [0.4, 0.5) is 4.39 Å². The first kappa shape index (κ1) is 13.4. The van der Waals surface area contributed by atoms with Crippen LogP contribution in [0.25, 0.3) is 0 Å². The zero-order chi connectivity index (χ0) is 13.0. The number of halogens is 1. The summed E-state index contributed by atoms with van der Waals surface area (Å²) in [7, 11) is 0. The molecule has 0 aliphatic carbocycles. The second-order valence-electron chi connectivity index (χ2n) is 3.83. The smallest absolute Gasteiger partial charge is 0.117 e. The maximum absolute atomic E-state index is 12.6. The summed E-state index contributed by atoms with van der Waals surface area (Å²) in [6, 6.07) is 4.89. The van der Waals surface area contributed by atoms with Crippen LogP contribution in [0.1, 0.15) is 23.1 Å². The van der Waals surface area contributed by atoms with E-state index in [1.807, 2.05) is 5.51 Å². The van der Waals surface area contributed by atoms with Crippen LogP contribution in [0.2, 0.25) is 0 Å². The summed E-state index contributed by atoms with van der Waals surface area (Å²) in [5, 5.41) is 9.49. The highest BCUT2D eigenvalue weighted by atomic mass is 32.2. The van der Waals surface area contributed by atoms with E-state index in [0.29, 0.717) is 5.56 Å². The number of aromatic nitrogens is 1. The number of alkyl halides is 1. The van der Waals surface area contributed by atoms with E-state index in [1.54, 1.807) is 35.2 Å². The maximum atomic E-state index is 12.6. The summed E-state index contributed by atoms with van der Waals surface area (Å²) in [6.45, 7) is 1.53. The van der Waals surface area contributed by atoms with E-state index in [0.717, 1.165) is 22.8 Å². The summed E-state index contributed by atoms with van der Waals surface area (Å²) >= 11 is 3.23. The first-order valence-electron chi connectivity index (χ1n) is 5.66. The van der Waals surface area contributed by atoms with Crippen LogP contribution in [0.5, 0.6) is 5.75 Å². The lowest BCUT2D eigenvalue weighted by Crippen LogP contribution is -1.86. The summed E-state index contributed by atoms with van der Waals surface area (Å²) in [4.78, 5) is 6.42. The Balaban J connectivity index is 2.08. The topological polar surface area (TPSA) is 33.1 Å². The highest BCUT2D eigenvalue weighted by Gasteiger charge is 2.06. The molecule has 1 aromatic carbocycles. The minimum absolute atomic E-state index is 0.118. The number of rotatable bonds is 5. The molecule has 18 heavy (non-hydrogen) atoms. The first-order chi connectivity index (χ1) is 8.72. The third-order valence-corrected chi connectivity index (χ3v) is 4.60. The van der Waals surface area contributed by atoms with Crippen molar-refractivity contribution in [2.24, 2.45) is 0 Å². The van der Waals surface area contributed by atoms with Gasteiger partial charge in [0, 0.05) is 15.5 Å². The minimum Gasteiger partial charge on any atom is -0.508 e. The molecule has 0 spiro atoms. The molecule has 0 unspecified atom stereocenters. The Morgan fingerprint density at radius 2 is 2.22 bits per heavy atom. The van der Waals surface area contributed by atoms with Crippen molar-refractivity contribution in [3.05, 3.63) is 39.8 Å². The van der Waals surface area contributed by atoms with Gasteiger partial charge in [0.1, 0.15) is 12.4 Å². The van der Waals surface area contributed by atoms with Crippen molar-refractivity contribution >= 4 is 23.1 Å². The van der Waals surface area contributed by atoms with Crippen LogP contribution in [-0.2, 0) is 18.8 Å². The van der Waals surface area contributed by atoms with Gasteiger partial charge in [-0.15, -0.1) is 23.1 Å². The predicted molar refractivity (Wildman–Crippen MR) is 74.0 cm³/mol. The quantitative estimate of drug-likeness (QED) is 0.836. The molecule has 96 valence electrons. The van der Waals surface area contributed by atoms with Crippen LogP contribution in [0.15, 0.2) is 28.6 Å². The van der Waals surface area contributed by atoms with Gasteiger partial charge in [-0.1, -0.05) is 6.92 Å². The van der Waals surface area contributed by atoms with Gasteiger partial charge >= 0.3 is 0 Å². The number of phenolic OH excluding ortho intramolecular Hbond substituents is 1. The minimum atomic E-state index is -0.553. The second kappa shape index (κ2) is 6.20. The van der Waals surface area contributed by atoms with Gasteiger partial charge in [0.05, 0.1) is 11.2 Å². The molecule has 1 aromatic heterocycles. The van der Waals surface area contributed by atoms with E-state index in [1.165, 1.54) is 10.9 Å². The second-order valence-corrected chi connectivity index (χ2v) is 5.82. The van der Waals surface area contributed by atoms with Crippen LogP contribution in [-0.4, -0.2) is 10.1 Å². The molecule has 0 atom stereocenters. The lowest BCUT2D eigenvalue weighted by Gasteiger charge is -2.04. The molecule has 1 N–H and O–H groups in total. The largest absolute Gasteiger partial charge is 0.508 e. The molecule has 0 bridgehead atoms. The van der Waals surface area contributed by atoms with Crippen LogP contribution >= 0.6 is 23.1 Å². The number of hydrogen-bond donors (Lipinski definition) is 1. The average molecular weight is 283 g/mol. The van der Waals surface area contributed by atoms with Crippen LogP contribution in [0.3, 0.4) is 0 Å². The van der Waals surface area contributed by atoms with Crippen molar-refractivity contribution in [2.75, 3.05) is 0 Å². The van der Waals surface area contributed by atoms with Crippen molar-refractivity contribution in [3.63, 3.8) is 0 Å². The fraction of sp³-hybridized carbons (Fsp3) is 0.308. The predicted octanol–water partition coefficient (Wildman–Crippen LogP) is 4.17. The zero-order valence-electron chi connectivity index (χ0n) is 10.0. The van der Waals surface area contributed by atoms with Crippen LogP contribution in [0, 0.1) is 0 Å². The molecule has 0 radical (unpaired) electrons. The Morgan fingerprint density at radius 3 is 2.94 bits per heavy atom. The Kier molecular flexibility index (Phi) is 4.60. The fourth-order valence-corrected chi connectivity index (χ4v) is 3.64. The van der Waals surface area contributed by atoms with Gasteiger partial charge in [-0.2, -0.15) is 0 Å². The van der Waals surface area contributed by atoms with Gasteiger partial charge in [-0.05, 0) is 30.2 Å². The van der Waals surface area contributed by atoms with Gasteiger partial charge in [0.25, 0.3) is 0 Å². The highest BCUT2D eigenvalue weighted by Crippen LogP contribution is 2.30. The van der Waals surface area contributed by atoms with Gasteiger partial charge in [0.2, 0.25) is 0 Å². The molecule has 0 saturated heterocycles. The van der Waals surface area contributed by atoms with Crippen LogP contribution < -0.4 is 0 Å². The highest BCUT2D eigenvalue weighted by molar-refractivity contribution is 7.98. The SMILES string of the molecule is CCc1ncsc1CSc1cc(O)cc(CF)c1. The van der Waals surface area contributed by atoms with E-state index in [4.69, 9.17) is 0 Å². The number of aromatic hydroxyl groups is 1. The molecular formula is C13H14FNOS2. The van der Waals surface area contributed by atoms with E-state index in [2.05, 4.69) is 11.9 Å². The van der Waals surface area contributed by atoms with Gasteiger partial charge in [-0.25, -0.2) is 9.37 Å². The number of aryl methyl sites for hydroxylation is 1. The molecule has 0 amide bonds. The summed E-state index contributed by atoms with van der Waals surface area (Å²) in [5.74, 6) is 0.927. The average Bonchev–Trinajstić information content (AvgIpc) is 2.83. The molecular weight excluding hydrogens is 269 g/mol. The third kappa shape index (κ3) is 3.23. The number of thioether (sulfide) groups is 1. The molecule has 1 heterocycles. The van der Waals surface area contributed by atoms with Crippen molar-refractivity contribution < 1.29 is 9.50 Å². The fourth-order valence-electron chi connectivity index (χ4n) is 1.65. The lowest BCUT2D eigenvalue weighted by molar-refractivity contribution is 0.461. The molecule has 2 aromatic rings. The lowest BCUT2D eigenvalue weighted by atomic mass is 10.2. The molecule has 0 aliphatic rings. The Morgan fingerprint density at radius 1 is 1.39 bits per heavy atom. The van der Waals surface area contributed by atoms with E-state index in [9.17, 15) is 9.50 Å². The van der Waals surface area contributed by atoms with Crippen molar-refractivity contribution in [3.8, 4) is 5.75 Å². The number of nitrogens with zero attached hydrogens (tertiary/aromatic N) is 1. The Hall–Kier alpha value is -1.07. The summed E-state index contributed by atoms with van der Waals surface area (Å²) in [5.41, 5.74) is 3.49. The van der Waals surface area contributed by atoms with E-state index >= 15 is 0 Å². The monoisotopic (exact) mass is 283 g/mol. The molecule has 2 nitrogen and oxygen atoms in total. The number of benzene rings is 1. The van der Waals surface area contributed by atoms with Crippen molar-refractivity contribution in [2.45, 2.75) is 30.7 Å². The Labute approximate surface area is 114 Å². The van der Waals surface area contributed by atoms with Crippen molar-refractivity contribution in [1.82, 2.24) is 4.98 Å². The normalized spacial score (nSPS) is 10.8. The Bertz CT molecular complexity index is 527. The molecule has 0 aliphatic heterocycles. The van der Waals surface area contributed by atoms with Gasteiger partial charge in [0.15, 0.2) is 0 Å². The molecule has 2 rings (SSSR count). The third-order valence-electron chi connectivity index (χ3n) is 2.54. The van der Waals surface area contributed by atoms with E-state index in [-0.39, 0.29) is 5.75 Å². The first-order valence-corrected chi connectivity index (χ1v) is 7.52. The van der Waals surface area contributed by atoms with Gasteiger partial charge in [-0.3, -0.25) is 0 Å². The van der Waals surface area contributed by atoms with E-state index < -0.39 is 6.67 Å². The number of hydrogen-bond acceptors (Lipinski definition) is 4. The van der Waals surface area contributed by atoms with Gasteiger partial charge < -0.3 is 5.11 Å². The van der Waals surface area contributed by atoms with Crippen molar-refractivity contribution in [1.29, 1.82) is 0 Å². The maximum Gasteiger partial charge on any atom is 0.117 e. The molecule has 0 saturated carbocycles. The summed E-state index contributed by atoms with van der Waals surface area (Å²) < 4.78 is 12.6. The zero-order valence-corrected chi connectivity index (χ0v) is 11.7. The number of thiazole rings is 1.